The van der Waals surface area contributed by atoms with Gasteiger partial charge in [0.15, 0.2) is 0 Å². The van der Waals surface area contributed by atoms with Crippen LogP contribution >= 0.6 is 0 Å². The van der Waals surface area contributed by atoms with Crippen molar-refractivity contribution in [2.45, 2.75) is 13.1 Å². The van der Waals surface area contributed by atoms with Crippen LogP contribution in [0.1, 0.15) is 0 Å². The van der Waals surface area contributed by atoms with Crippen molar-refractivity contribution in [3.05, 3.63) is 47.4 Å². The van der Waals surface area contributed by atoms with Gasteiger partial charge in [-0.2, -0.15) is 0 Å². The Morgan fingerprint density at radius 1 is 1.33 bits per heavy atom. The number of anilines is 1. The number of aromatic nitrogens is 3. The first-order chi connectivity index (χ1) is 7.25. The van der Waals surface area contributed by atoms with E-state index < -0.39 is 0 Å². The molecule has 5 heteroatoms. The molecule has 0 saturated carbocycles. The van der Waals surface area contributed by atoms with E-state index in [2.05, 4.69) is 4.98 Å². The van der Waals surface area contributed by atoms with Crippen LogP contribution < -0.4 is 11.3 Å². The molecule has 0 bridgehead atoms. The first-order valence-corrected chi connectivity index (χ1v) is 4.67. The Hall–Kier alpha value is -2.04. The molecule has 0 saturated heterocycles. The molecule has 0 aliphatic carbocycles. The number of hydrogen-bond acceptors (Lipinski definition) is 3. The van der Waals surface area contributed by atoms with Gasteiger partial charge in [-0.1, -0.05) is 0 Å². The van der Waals surface area contributed by atoms with Gasteiger partial charge in [0, 0.05) is 43.4 Å². The summed E-state index contributed by atoms with van der Waals surface area (Å²) in [7, 11) is 0. The van der Waals surface area contributed by atoms with Gasteiger partial charge in [0.2, 0.25) is 0 Å². The molecule has 0 unspecified atom stereocenters. The number of imidazole rings is 1. The molecule has 0 amide bonds. The predicted molar refractivity (Wildman–Crippen MR) is 57.3 cm³/mol. The fourth-order valence-electron chi connectivity index (χ4n) is 1.37. The molecule has 0 radical (unpaired) electrons. The molecular weight excluding hydrogens is 192 g/mol. The third-order valence-electron chi connectivity index (χ3n) is 2.16. The van der Waals surface area contributed by atoms with Gasteiger partial charge in [-0.25, -0.2) is 4.98 Å². The number of hydrogen-bond donors (Lipinski definition) is 1. The van der Waals surface area contributed by atoms with E-state index in [0.717, 1.165) is 0 Å². The van der Waals surface area contributed by atoms with Gasteiger partial charge >= 0.3 is 0 Å². The molecule has 0 atom stereocenters. The van der Waals surface area contributed by atoms with Crippen LogP contribution in [-0.4, -0.2) is 14.1 Å². The zero-order chi connectivity index (χ0) is 10.7. The fourth-order valence-corrected chi connectivity index (χ4v) is 1.37. The standard InChI is InChI=1S/C10H12N4O/c11-9-1-2-10(15)14(7-9)6-5-13-4-3-12-8-13/h1-4,7-8H,5-6,11H2. The quantitative estimate of drug-likeness (QED) is 0.783. The molecule has 0 aliphatic heterocycles. The van der Waals surface area contributed by atoms with Crippen LogP contribution in [0.4, 0.5) is 5.69 Å². The third kappa shape index (κ3) is 2.25. The third-order valence-corrected chi connectivity index (χ3v) is 2.16. The number of aryl methyl sites for hydroxylation is 2. The number of nitrogens with zero attached hydrogens (tertiary/aromatic N) is 3. The van der Waals surface area contributed by atoms with E-state index >= 15 is 0 Å². The van der Waals surface area contributed by atoms with Crippen molar-refractivity contribution < 1.29 is 0 Å². The zero-order valence-corrected chi connectivity index (χ0v) is 8.21. The van der Waals surface area contributed by atoms with E-state index in [-0.39, 0.29) is 5.56 Å². The maximum absolute atomic E-state index is 11.4. The molecule has 5 nitrogen and oxygen atoms in total. The fraction of sp³-hybridized carbons (Fsp3) is 0.200. The lowest BCUT2D eigenvalue weighted by Crippen LogP contribution is -2.21. The van der Waals surface area contributed by atoms with Crippen LogP contribution in [-0.2, 0) is 13.1 Å². The van der Waals surface area contributed by atoms with Gasteiger partial charge in [0.05, 0.1) is 6.33 Å². The maximum atomic E-state index is 11.4. The molecule has 0 aromatic carbocycles. The highest BCUT2D eigenvalue weighted by atomic mass is 16.1. The lowest BCUT2D eigenvalue weighted by molar-refractivity contribution is 0.565. The van der Waals surface area contributed by atoms with E-state index in [1.54, 1.807) is 29.4 Å². The molecule has 0 fully saturated rings. The van der Waals surface area contributed by atoms with Gasteiger partial charge in [-0.3, -0.25) is 4.79 Å². The minimum atomic E-state index is -0.0377. The highest BCUT2D eigenvalue weighted by Crippen LogP contribution is 1.96. The van der Waals surface area contributed by atoms with Crippen LogP contribution in [0, 0.1) is 0 Å². The van der Waals surface area contributed by atoms with E-state index in [9.17, 15) is 4.79 Å². The number of rotatable bonds is 3. The van der Waals surface area contributed by atoms with Crippen LogP contribution in [0.3, 0.4) is 0 Å². The van der Waals surface area contributed by atoms with E-state index in [1.807, 2.05) is 10.8 Å². The average molecular weight is 204 g/mol. The normalized spacial score (nSPS) is 10.4. The minimum Gasteiger partial charge on any atom is -0.398 e. The Bertz CT molecular complexity index is 486. The minimum absolute atomic E-state index is 0.0377. The maximum Gasteiger partial charge on any atom is 0.250 e. The van der Waals surface area contributed by atoms with E-state index in [1.165, 1.54) is 6.07 Å². The number of pyridine rings is 1. The topological polar surface area (TPSA) is 65.8 Å². The molecular formula is C10H12N4O. The van der Waals surface area contributed by atoms with Crippen LogP contribution in [0.25, 0.3) is 0 Å². The van der Waals surface area contributed by atoms with Crippen LogP contribution in [0.15, 0.2) is 41.8 Å². The monoisotopic (exact) mass is 204 g/mol. The summed E-state index contributed by atoms with van der Waals surface area (Å²) in [5, 5.41) is 0. The second-order valence-electron chi connectivity index (χ2n) is 3.29. The summed E-state index contributed by atoms with van der Waals surface area (Å²) in [6, 6.07) is 3.08. The number of nitrogen functional groups attached to an aromatic ring is 1. The van der Waals surface area contributed by atoms with Crippen LogP contribution in [0.2, 0.25) is 0 Å². The Kier molecular flexibility index (Phi) is 2.53. The van der Waals surface area contributed by atoms with Crippen molar-refractivity contribution in [3.8, 4) is 0 Å². The molecule has 0 aliphatic rings. The zero-order valence-electron chi connectivity index (χ0n) is 8.21. The van der Waals surface area contributed by atoms with Crippen molar-refractivity contribution in [1.29, 1.82) is 0 Å². The van der Waals surface area contributed by atoms with Crippen molar-refractivity contribution >= 4 is 5.69 Å². The molecule has 78 valence electrons. The van der Waals surface area contributed by atoms with Gasteiger partial charge in [-0.05, 0) is 6.07 Å². The highest BCUT2D eigenvalue weighted by Gasteiger charge is 1.96. The molecule has 15 heavy (non-hydrogen) atoms. The molecule has 0 spiro atoms. The summed E-state index contributed by atoms with van der Waals surface area (Å²) in [6.45, 7) is 1.31. The molecule has 2 aromatic rings. The Labute approximate surface area is 86.8 Å². The predicted octanol–water partition coefficient (Wildman–Crippen LogP) is 0.327. The molecule has 2 aromatic heterocycles. The summed E-state index contributed by atoms with van der Waals surface area (Å²) >= 11 is 0. The molecule has 2 N–H and O–H groups in total. The second-order valence-corrected chi connectivity index (χ2v) is 3.29. The van der Waals surface area contributed by atoms with Crippen molar-refractivity contribution in [2.75, 3.05) is 5.73 Å². The van der Waals surface area contributed by atoms with Crippen LogP contribution in [0.5, 0.6) is 0 Å². The number of nitrogens with two attached hydrogens (primary N) is 1. The Balaban J connectivity index is 2.11. The summed E-state index contributed by atoms with van der Waals surface area (Å²) < 4.78 is 3.50. The van der Waals surface area contributed by atoms with E-state index in [0.29, 0.717) is 18.8 Å². The SMILES string of the molecule is Nc1ccc(=O)n(CCn2ccnc2)c1. The van der Waals surface area contributed by atoms with E-state index in [4.69, 9.17) is 5.73 Å². The summed E-state index contributed by atoms with van der Waals surface area (Å²) in [5.74, 6) is 0. The summed E-state index contributed by atoms with van der Waals surface area (Å²) in [6.07, 6.45) is 6.94. The van der Waals surface area contributed by atoms with Gasteiger partial charge < -0.3 is 14.9 Å². The van der Waals surface area contributed by atoms with Gasteiger partial charge in [-0.15, -0.1) is 0 Å². The van der Waals surface area contributed by atoms with Crippen molar-refractivity contribution in [3.63, 3.8) is 0 Å². The lowest BCUT2D eigenvalue weighted by atomic mass is 10.4. The first-order valence-electron chi connectivity index (χ1n) is 4.67. The first kappa shape index (κ1) is 9.51. The Morgan fingerprint density at radius 3 is 2.93 bits per heavy atom. The summed E-state index contributed by atoms with van der Waals surface area (Å²) in [5.41, 5.74) is 6.16. The van der Waals surface area contributed by atoms with Crippen molar-refractivity contribution in [1.82, 2.24) is 14.1 Å². The van der Waals surface area contributed by atoms with Crippen molar-refractivity contribution in [2.24, 2.45) is 0 Å². The lowest BCUT2D eigenvalue weighted by Gasteiger charge is -2.06. The summed E-state index contributed by atoms with van der Waals surface area (Å²) in [4.78, 5) is 15.3. The van der Waals surface area contributed by atoms with Gasteiger partial charge in [0.25, 0.3) is 5.56 Å². The second kappa shape index (κ2) is 4.00. The smallest absolute Gasteiger partial charge is 0.250 e. The Morgan fingerprint density at radius 2 is 2.20 bits per heavy atom. The molecule has 2 heterocycles. The molecule has 2 rings (SSSR count). The average Bonchev–Trinajstić information content (AvgIpc) is 2.72. The van der Waals surface area contributed by atoms with Gasteiger partial charge in [0.1, 0.15) is 0 Å². The largest absolute Gasteiger partial charge is 0.398 e. The highest BCUT2D eigenvalue weighted by molar-refractivity contribution is 5.33.